The first-order valence-corrected chi connectivity index (χ1v) is 4.81. The molecular weight excluding hydrogens is 184 g/mol. The summed E-state index contributed by atoms with van der Waals surface area (Å²) < 4.78 is 0. The summed E-state index contributed by atoms with van der Waals surface area (Å²) in [5, 5.41) is 13.2. The molecule has 5 heteroatoms. The van der Waals surface area contributed by atoms with E-state index in [2.05, 4.69) is 17.6 Å². The minimum absolute atomic E-state index is 0.292. The lowest BCUT2D eigenvalue weighted by molar-refractivity contribution is -0.135. The van der Waals surface area contributed by atoms with Crippen LogP contribution in [-0.2, 0) is 4.79 Å². The van der Waals surface area contributed by atoms with Gasteiger partial charge in [0.15, 0.2) is 0 Å². The topological polar surface area (TPSA) is 78.4 Å². The monoisotopic (exact) mass is 200 g/mol. The molecule has 0 unspecified atom stereocenters. The minimum Gasteiger partial charge on any atom is -0.480 e. The maximum absolute atomic E-state index is 11.1. The van der Waals surface area contributed by atoms with E-state index in [1.807, 2.05) is 0 Å². The van der Waals surface area contributed by atoms with Gasteiger partial charge in [-0.25, -0.2) is 4.79 Å². The molecule has 0 aromatic carbocycles. The summed E-state index contributed by atoms with van der Waals surface area (Å²) in [4.78, 5) is 21.2. The van der Waals surface area contributed by atoms with Crippen LogP contribution in [0.1, 0.15) is 26.2 Å². The molecule has 0 aromatic heterocycles. The predicted octanol–water partition coefficient (Wildman–Crippen LogP) is 0.560. The van der Waals surface area contributed by atoms with Crippen molar-refractivity contribution in [1.29, 1.82) is 0 Å². The summed E-state index contributed by atoms with van der Waals surface area (Å²) in [5.41, 5.74) is 0.292. The Morgan fingerprint density at radius 1 is 1.36 bits per heavy atom. The highest BCUT2D eigenvalue weighted by Crippen LogP contribution is 2.47. The fraction of sp³-hybridized carbons (Fsp3) is 0.778. The molecule has 5 nitrogen and oxygen atoms in total. The number of carbonyl (C=O) groups excluding carboxylic acids is 1. The molecule has 1 aliphatic carbocycles. The summed E-state index contributed by atoms with van der Waals surface area (Å²) in [6.45, 7) is 2.42. The highest BCUT2D eigenvalue weighted by Gasteiger charge is 2.40. The minimum atomic E-state index is -1.03. The fourth-order valence-corrected chi connectivity index (χ4v) is 1.32. The van der Waals surface area contributed by atoms with Gasteiger partial charge in [0.05, 0.1) is 0 Å². The van der Waals surface area contributed by atoms with Gasteiger partial charge in [-0.15, -0.1) is 0 Å². The van der Waals surface area contributed by atoms with Crippen molar-refractivity contribution in [2.24, 2.45) is 5.41 Å². The predicted molar refractivity (Wildman–Crippen MR) is 51.0 cm³/mol. The number of hydrogen-bond donors (Lipinski definition) is 3. The number of carboxylic acid groups (broad SMARTS) is 1. The summed E-state index contributed by atoms with van der Waals surface area (Å²) in [7, 11) is 0. The Labute approximate surface area is 82.9 Å². The van der Waals surface area contributed by atoms with Crippen molar-refractivity contribution in [2.75, 3.05) is 13.1 Å². The summed E-state index contributed by atoms with van der Waals surface area (Å²) in [6, 6.07) is -0.396. The van der Waals surface area contributed by atoms with Crippen molar-refractivity contribution in [2.45, 2.75) is 26.2 Å². The third-order valence-corrected chi connectivity index (χ3v) is 2.73. The van der Waals surface area contributed by atoms with E-state index in [0.29, 0.717) is 12.0 Å². The van der Waals surface area contributed by atoms with E-state index in [-0.39, 0.29) is 6.54 Å². The standard InChI is InChI=1S/C9H16N2O3/c1-2-9(3-4-9)6-11-8(14)10-5-7(12)13/h2-6H2,1H3,(H,12,13)(H2,10,11,14). The number of amides is 2. The molecule has 0 atom stereocenters. The van der Waals surface area contributed by atoms with Crippen LogP contribution < -0.4 is 10.6 Å². The van der Waals surface area contributed by atoms with Crippen LogP contribution >= 0.6 is 0 Å². The van der Waals surface area contributed by atoms with Crippen molar-refractivity contribution < 1.29 is 14.7 Å². The van der Waals surface area contributed by atoms with Gasteiger partial charge in [-0.1, -0.05) is 6.92 Å². The molecule has 0 spiro atoms. The first-order chi connectivity index (χ1) is 6.58. The van der Waals surface area contributed by atoms with E-state index in [4.69, 9.17) is 5.11 Å². The molecule has 0 heterocycles. The van der Waals surface area contributed by atoms with Crippen molar-refractivity contribution in [3.8, 4) is 0 Å². The molecule has 1 aliphatic rings. The van der Waals surface area contributed by atoms with E-state index >= 15 is 0 Å². The van der Waals surface area contributed by atoms with Crippen molar-refractivity contribution in [3.63, 3.8) is 0 Å². The van der Waals surface area contributed by atoms with E-state index in [1.165, 1.54) is 0 Å². The van der Waals surface area contributed by atoms with Gasteiger partial charge >= 0.3 is 12.0 Å². The lowest BCUT2D eigenvalue weighted by Crippen LogP contribution is -2.40. The van der Waals surface area contributed by atoms with Crippen LogP contribution in [0.15, 0.2) is 0 Å². The van der Waals surface area contributed by atoms with Crippen molar-refractivity contribution in [1.82, 2.24) is 10.6 Å². The summed E-state index contributed by atoms with van der Waals surface area (Å²) in [5.74, 6) is -1.03. The molecule has 80 valence electrons. The number of urea groups is 1. The second-order valence-corrected chi connectivity index (χ2v) is 3.78. The largest absolute Gasteiger partial charge is 0.480 e. The molecule has 2 amide bonds. The SMILES string of the molecule is CCC1(CNC(=O)NCC(=O)O)CC1. The van der Waals surface area contributed by atoms with Crippen LogP contribution in [-0.4, -0.2) is 30.2 Å². The van der Waals surface area contributed by atoms with Gasteiger partial charge in [0.2, 0.25) is 0 Å². The molecule has 0 aromatic rings. The quantitative estimate of drug-likeness (QED) is 0.606. The van der Waals surface area contributed by atoms with E-state index in [1.54, 1.807) is 0 Å². The van der Waals surface area contributed by atoms with Crippen molar-refractivity contribution >= 4 is 12.0 Å². The molecule has 0 aliphatic heterocycles. The second-order valence-electron chi connectivity index (χ2n) is 3.78. The molecule has 1 saturated carbocycles. The number of hydrogen-bond acceptors (Lipinski definition) is 2. The first-order valence-electron chi connectivity index (χ1n) is 4.81. The molecular formula is C9H16N2O3. The Kier molecular flexibility index (Phi) is 3.33. The average Bonchev–Trinajstić information content (AvgIpc) is 2.92. The number of aliphatic carboxylic acids is 1. The zero-order chi connectivity index (χ0) is 10.6. The van der Waals surface area contributed by atoms with Crippen LogP contribution in [0.5, 0.6) is 0 Å². The maximum Gasteiger partial charge on any atom is 0.323 e. The van der Waals surface area contributed by atoms with Gasteiger partial charge < -0.3 is 15.7 Å². The number of carbonyl (C=O) groups is 2. The van der Waals surface area contributed by atoms with Crippen molar-refractivity contribution in [3.05, 3.63) is 0 Å². The van der Waals surface area contributed by atoms with E-state index in [0.717, 1.165) is 19.3 Å². The van der Waals surface area contributed by atoms with Gasteiger partial charge in [0, 0.05) is 6.54 Å². The fourth-order valence-electron chi connectivity index (χ4n) is 1.32. The number of nitrogens with one attached hydrogen (secondary N) is 2. The lowest BCUT2D eigenvalue weighted by atomic mass is 10.0. The molecule has 0 radical (unpaired) electrons. The normalized spacial score (nSPS) is 17.2. The summed E-state index contributed by atoms with van der Waals surface area (Å²) >= 11 is 0. The van der Waals surface area contributed by atoms with Gasteiger partial charge in [-0.05, 0) is 24.7 Å². The highest BCUT2D eigenvalue weighted by atomic mass is 16.4. The molecule has 14 heavy (non-hydrogen) atoms. The van der Waals surface area contributed by atoms with Crippen LogP contribution in [0.3, 0.4) is 0 Å². The highest BCUT2D eigenvalue weighted by molar-refractivity contribution is 5.79. The first kappa shape index (κ1) is 10.8. The van der Waals surface area contributed by atoms with Crippen LogP contribution in [0, 0.1) is 5.41 Å². The Bertz CT molecular complexity index is 236. The third kappa shape index (κ3) is 3.24. The zero-order valence-electron chi connectivity index (χ0n) is 8.30. The van der Waals surface area contributed by atoms with Crippen LogP contribution in [0.4, 0.5) is 4.79 Å². The molecule has 0 bridgehead atoms. The van der Waals surface area contributed by atoms with Crippen LogP contribution in [0.25, 0.3) is 0 Å². The number of rotatable bonds is 5. The summed E-state index contributed by atoms with van der Waals surface area (Å²) in [6.07, 6.45) is 3.37. The molecule has 0 saturated heterocycles. The molecule has 1 rings (SSSR count). The Balaban J connectivity index is 2.12. The van der Waals surface area contributed by atoms with Gasteiger partial charge in [0.1, 0.15) is 6.54 Å². The molecule has 3 N–H and O–H groups in total. The lowest BCUT2D eigenvalue weighted by Gasteiger charge is -2.13. The van der Waals surface area contributed by atoms with Crippen LogP contribution in [0.2, 0.25) is 0 Å². The maximum atomic E-state index is 11.1. The molecule has 1 fully saturated rings. The number of carboxylic acids is 1. The smallest absolute Gasteiger partial charge is 0.323 e. The Morgan fingerprint density at radius 3 is 2.43 bits per heavy atom. The van der Waals surface area contributed by atoms with E-state index < -0.39 is 12.0 Å². The third-order valence-electron chi connectivity index (χ3n) is 2.73. The Hall–Kier alpha value is -1.26. The Morgan fingerprint density at radius 2 is 2.00 bits per heavy atom. The second kappa shape index (κ2) is 4.30. The van der Waals surface area contributed by atoms with Gasteiger partial charge in [0.25, 0.3) is 0 Å². The van der Waals surface area contributed by atoms with Gasteiger partial charge in [-0.2, -0.15) is 0 Å². The van der Waals surface area contributed by atoms with Gasteiger partial charge in [-0.3, -0.25) is 4.79 Å². The van der Waals surface area contributed by atoms with E-state index in [9.17, 15) is 9.59 Å². The zero-order valence-corrected chi connectivity index (χ0v) is 8.30. The average molecular weight is 200 g/mol.